The van der Waals surface area contributed by atoms with E-state index in [1.165, 1.54) is 0 Å². The van der Waals surface area contributed by atoms with Crippen LogP contribution in [0.5, 0.6) is 17.2 Å². The van der Waals surface area contributed by atoms with E-state index in [0.717, 1.165) is 40.8 Å². The average Bonchev–Trinajstić information content (AvgIpc) is 2.93. The second-order valence-corrected chi connectivity index (χ2v) is 5.92. The summed E-state index contributed by atoms with van der Waals surface area (Å²) in [6, 6.07) is 13.9. The van der Waals surface area contributed by atoms with Crippen molar-refractivity contribution in [3.63, 3.8) is 0 Å². The largest absolute Gasteiger partial charge is 0.496 e. The Morgan fingerprint density at radius 3 is 2.62 bits per heavy atom. The van der Waals surface area contributed by atoms with Crippen molar-refractivity contribution >= 4 is 5.96 Å². The number of aliphatic imine (C=N–C) groups is 1. The molecule has 1 aliphatic heterocycles. The van der Waals surface area contributed by atoms with Crippen molar-refractivity contribution < 1.29 is 14.2 Å². The van der Waals surface area contributed by atoms with E-state index in [0.29, 0.717) is 26.3 Å². The van der Waals surface area contributed by atoms with Crippen molar-refractivity contribution in [1.29, 1.82) is 0 Å². The average molecular weight is 355 g/mol. The number of methoxy groups -OCH3 is 1. The Kier molecular flexibility index (Phi) is 6.19. The van der Waals surface area contributed by atoms with Crippen LogP contribution in [0.1, 0.15) is 17.5 Å². The van der Waals surface area contributed by atoms with Gasteiger partial charge in [0.25, 0.3) is 0 Å². The van der Waals surface area contributed by atoms with Crippen molar-refractivity contribution in [2.75, 3.05) is 27.4 Å². The highest BCUT2D eigenvalue weighted by molar-refractivity contribution is 5.79. The second kappa shape index (κ2) is 8.99. The summed E-state index contributed by atoms with van der Waals surface area (Å²) in [7, 11) is 3.43. The molecule has 1 heterocycles. The highest BCUT2D eigenvalue weighted by atomic mass is 16.5. The fraction of sp³-hybridized carbons (Fsp3) is 0.350. The number of fused-ring (bicyclic) bond motifs is 1. The molecule has 3 rings (SSSR count). The van der Waals surface area contributed by atoms with E-state index < -0.39 is 0 Å². The molecule has 2 aromatic rings. The lowest BCUT2D eigenvalue weighted by Gasteiger charge is -2.14. The van der Waals surface area contributed by atoms with Crippen LogP contribution in [0.15, 0.2) is 47.5 Å². The van der Waals surface area contributed by atoms with Gasteiger partial charge in [0.15, 0.2) is 17.5 Å². The van der Waals surface area contributed by atoms with Crippen LogP contribution in [-0.4, -0.2) is 33.3 Å². The van der Waals surface area contributed by atoms with Crippen LogP contribution in [0.4, 0.5) is 0 Å². The maximum absolute atomic E-state index is 5.74. The summed E-state index contributed by atoms with van der Waals surface area (Å²) in [5.74, 6) is 3.20. The van der Waals surface area contributed by atoms with Crippen molar-refractivity contribution in [3.05, 3.63) is 53.6 Å². The molecule has 0 bridgehead atoms. The number of nitrogens with one attached hydrogen (secondary N) is 2. The molecule has 0 fully saturated rings. The molecule has 0 amide bonds. The molecular formula is C20H25N3O3. The summed E-state index contributed by atoms with van der Waals surface area (Å²) < 4.78 is 16.8. The summed E-state index contributed by atoms with van der Waals surface area (Å²) in [6.07, 6.45) is 0.905. The number of hydrogen-bond acceptors (Lipinski definition) is 4. The Hall–Kier alpha value is -2.89. The van der Waals surface area contributed by atoms with Gasteiger partial charge in [-0.3, -0.25) is 4.99 Å². The third kappa shape index (κ3) is 4.59. The predicted molar refractivity (Wildman–Crippen MR) is 102 cm³/mol. The van der Waals surface area contributed by atoms with Gasteiger partial charge in [0.1, 0.15) is 5.75 Å². The van der Waals surface area contributed by atoms with E-state index in [2.05, 4.69) is 15.6 Å². The van der Waals surface area contributed by atoms with Crippen LogP contribution < -0.4 is 24.8 Å². The Morgan fingerprint density at radius 1 is 1.04 bits per heavy atom. The minimum Gasteiger partial charge on any atom is -0.496 e. The van der Waals surface area contributed by atoms with Gasteiger partial charge in [0, 0.05) is 32.1 Å². The molecule has 0 unspecified atom stereocenters. The molecule has 0 spiro atoms. The van der Waals surface area contributed by atoms with Gasteiger partial charge in [-0.25, -0.2) is 0 Å². The van der Waals surface area contributed by atoms with Gasteiger partial charge >= 0.3 is 0 Å². The molecule has 6 heteroatoms. The number of para-hydroxylation sites is 1. The predicted octanol–water partition coefficient (Wildman–Crippen LogP) is 2.72. The van der Waals surface area contributed by atoms with E-state index in [9.17, 15) is 0 Å². The van der Waals surface area contributed by atoms with Gasteiger partial charge < -0.3 is 24.8 Å². The first-order valence-electron chi connectivity index (χ1n) is 8.75. The Morgan fingerprint density at radius 2 is 1.81 bits per heavy atom. The summed E-state index contributed by atoms with van der Waals surface area (Å²) in [4.78, 5) is 4.27. The Balaban J connectivity index is 1.57. The lowest BCUT2D eigenvalue weighted by Crippen LogP contribution is -2.36. The molecule has 26 heavy (non-hydrogen) atoms. The molecule has 2 aromatic carbocycles. The smallest absolute Gasteiger partial charge is 0.191 e. The third-order valence-electron chi connectivity index (χ3n) is 4.13. The second-order valence-electron chi connectivity index (χ2n) is 5.92. The zero-order valence-corrected chi connectivity index (χ0v) is 15.2. The maximum atomic E-state index is 5.74. The molecule has 0 radical (unpaired) electrons. The number of ether oxygens (including phenoxy) is 3. The monoisotopic (exact) mass is 355 g/mol. The summed E-state index contributed by atoms with van der Waals surface area (Å²) in [6.45, 7) is 2.66. The van der Waals surface area contributed by atoms with Gasteiger partial charge in [-0.2, -0.15) is 0 Å². The van der Waals surface area contributed by atoms with E-state index in [1.54, 1.807) is 14.2 Å². The topological polar surface area (TPSA) is 64.1 Å². The molecule has 6 nitrogen and oxygen atoms in total. The summed E-state index contributed by atoms with van der Waals surface area (Å²) >= 11 is 0. The van der Waals surface area contributed by atoms with Crippen molar-refractivity contribution in [3.8, 4) is 17.2 Å². The van der Waals surface area contributed by atoms with Gasteiger partial charge in [-0.1, -0.05) is 24.3 Å². The van der Waals surface area contributed by atoms with Crippen LogP contribution in [0, 0.1) is 0 Å². The van der Waals surface area contributed by atoms with Crippen molar-refractivity contribution in [1.82, 2.24) is 10.6 Å². The molecule has 0 aliphatic carbocycles. The summed E-state index contributed by atoms with van der Waals surface area (Å²) in [5.41, 5.74) is 2.18. The lowest BCUT2D eigenvalue weighted by atomic mass is 10.2. The highest BCUT2D eigenvalue weighted by Gasteiger charge is 2.11. The van der Waals surface area contributed by atoms with Crippen LogP contribution in [0.25, 0.3) is 0 Å². The number of rotatable bonds is 5. The fourth-order valence-corrected chi connectivity index (χ4v) is 2.75. The molecule has 0 saturated heterocycles. The fourth-order valence-electron chi connectivity index (χ4n) is 2.75. The quantitative estimate of drug-likeness (QED) is 0.638. The van der Waals surface area contributed by atoms with E-state index in [1.807, 2.05) is 42.5 Å². The van der Waals surface area contributed by atoms with E-state index in [4.69, 9.17) is 14.2 Å². The highest BCUT2D eigenvalue weighted by Crippen LogP contribution is 2.30. The third-order valence-corrected chi connectivity index (χ3v) is 4.13. The first-order chi connectivity index (χ1) is 12.8. The van der Waals surface area contributed by atoms with Gasteiger partial charge in [-0.05, 0) is 23.8 Å². The molecular weight excluding hydrogens is 330 g/mol. The molecule has 0 aromatic heterocycles. The summed E-state index contributed by atoms with van der Waals surface area (Å²) in [5, 5.41) is 6.62. The molecule has 138 valence electrons. The molecule has 2 N–H and O–H groups in total. The molecule has 0 saturated carbocycles. The van der Waals surface area contributed by atoms with Gasteiger partial charge in [0.05, 0.1) is 20.3 Å². The zero-order chi connectivity index (χ0) is 18.2. The van der Waals surface area contributed by atoms with Crippen molar-refractivity contribution in [2.24, 2.45) is 4.99 Å². The maximum Gasteiger partial charge on any atom is 0.191 e. The number of benzene rings is 2. The normalized spacial score (nSPS) is 13.7. The SMILES string of the molecule is CN=C(NCc1ccc2c(c1)OCCCO2)NCc1ccccc1OC. The zero-order valence-electron chi connectivity index (χ0n) is 15.2. The van der Waals surface area contributed by atoms with Gasteiger partial charge in [-0.15, -0.1) is 0 Å². The Labute approximate surface area is 154 Å². The minimum absolute atomic E-state index is 0.630. The Bertz CT molecular complexity index is 762. The van der Waals surface area contributed by atoms with Crippen LogP contribution in [-0.2, 0) is 13.1 Å². The first kappa shape index (κ1) is 17.9. The standard InChI is InChI=1S/C20H25N3O3/c1-21-20(23-14-16-6-3-4-7-17(16)24-2)22-13-15-8-9-18-19(12-15)26-11-5-10-25-18/h3-4,6-9,12H,5,10-11,13-14H2,1-2H3,(H2,21,22,23). The van der Waals surface area contributed by atoms with Crippen LogP contribution in [0.2, 0.25) is 0 Å². The molecule has 1 aliphatic rings. The molecule has 0 atom stereocenters. The minimum atomic E-state index is 0.630. The van der Waals surface area contributed by atoms with Crippen LogP contribution >= 0.6 is 0 Å². The van der Waals surface area contributed by atoms with E-state index in [-0.39, 0.29) is 0 Å². The number of hydrogen-bond donors (Lipinski definition) is 2. The lowest BCUT2D eigenvalue weighted by molar-refractivity contribution is 0.297. The van der Waals surface area contributed by atoms with Gasteiger partial charge in [0.2, 0.25) is 0 Å². The van der Waals surface area contributed by atoms with Crippen LogP contribution in [0.3, 0.4) is 0 Å². The van der Waals surface area contributed by atoms with Crippen molar-refractivity contribution in [2.45, 2.75) is 19.5 Å². The number of guanidine groups is 1. The first-order valence-corrected chi connectivity index (χ1v) is 8.75. The van der Waals surface area contributed by atoms with E-state index >= 15 is 0 Å². The number of nitrogens with zero attached hydrogens (tertiary/aromatic N) is 1.